The third kappa shape index (κ3) is 2.50. The highest BCUT2D eigenvalue weighted by molar-refractivity contribution is 5.93. The molecule has 0 heterocycles. The molecule has 0 aliphatic rings. The molecule has 24 heavy (non-hydrogen) atoms. The molecule has 0 aliphatic carbocycles. The summed E-state index contributed by atoms with van der Waals surface area (Å²) in [5.74, 6) is 0.176. The molecule has 4 rings (SSSR count). The van der Waals surface area contributed by atoms with Gasteiger partial charge in [0.2, 0.25) is 0 Å². The first-order valence-corrected chi connectivity index (χ1v) is 7.84. The molecule has 0 saturated heterocycles. The number of hydrogen-bond acceptors (Lipinski definition) is 3. The molecule has 0 atom stereocenters. The molecule has 3 heteroatoms. The lowest BCUT2D eigenvalue weighted by molar-refractivity contribution is 0.482. The minimum atomic E-state index is 0.176. The number of benzene rings is 4. The van der Waals surface area contributed by atoms with Gasteiger partial charge in [-0.15, -0.1) is 5.11 Å². The molecule has 3 nitrogen and oxygen atoms in total. The molecule has 4 aromatic rings. The number of aromatic hydroxyl groups is 1. The van der Waals surface area contributed by atoms with E-state index in [1.807, 2.05) is 73.7 Å². The molecule has 4 aromatic carbocycles. The molecule has 1 N–H and O–H groups in total. The van der Waals surface area contributed by atoms with Gasteiger partial charge in [0.15, 0.2) is 5.75 Å². The van der Waals surface area contributed by atoms with Gasteiger partial charge in [0, 0.05) is 5.39 Å². The molecule has 0 unspecified atom stereocenters. The average molecular weight is 312 g/mol. The van der Waals surface area contributed by atoms with Crippen LogP contribution in [0.2, 0.25) is 0 Å². The summed E-state index contributed by atoms with van der Waals surface area (Å²) in [6, 6.07) is 23.8. The van der Waals surface area contributed by atoms with Gasteiger partial charge in [0.05, 0.1) is 5.69 Å². The van der Waals surface area contributed by atoms with E-state index in [9.17, 15) is 5.11 Å². The highest BCUT2D eigenvalue weighted by atomic mass is 16.3. The molecular formula is C21H16N2O. The number of aryl methyl sites for hydroxylation is 1. The van der Waals surface area contributed by atoms with Gasteiger partial charge in [-0.3, -0.25) is 0 Å². The van der Waals surface area contributed by atoms with Gasteiger partial charge >= 0.3 is 0 Å². The van der Waals surface area contributed by atoms with Crippen molar-refractivity contribution in [3.05, 3.63) is 78.4 Å². The molecule has 0 spiro atoms. The number of fused-ring (bicyclic) bond motifs is 2. The molecule has 0 aliphatic heterocycles. The fourth-order valence-electron chi connectivity index (χ4n) is 2.93. The van der Waals surface area contributed by atoms with Crippen LogP contribution in [0, 0.1) is 6.92 Å². The van der Waals surface area contributed by atoms with Crippen molar-refractivity contribution in [2.75, 3.05) is 0 Å². The minimum Gasteiger partial charge on any atom is -0.505 e. The fourth-order valence-corrected chi connectivity index (χ4v) is 2.93. The second-order valence-electron chi connectivity index (χ2n) is 5.84. The Kier molecular flexibility index (Phi) is 3.47. The van der Waals surface area contributed by atoms with E-state index in [0.29, 0.717) is 5.69 Å². The Morgan fingerprint density at radius 2 is 1.42 bits per heavy atom. The van der Waals surface area contributed by atoms with E-state index in [-0.39, 0.29) is 5.75 Å². The van der Waals surface area contributed by atoms with E-state index in [0.717, 1.165) is 27.4 Å². The number of azo groups is 1. The van der Waals surface area contributed by atoms with Crippen molar-refractivity contribution in [2.24, 2.45) is 10.2 Å². The summed E-state index contributed by atoms with van der Waals surface area (Å²) in [5, 5.41) is 23.2. The fraction of sp³-hybridized carbons (Fsp3) is 0.0476. The van der Waals surface area contributed by atoms with Crippen LogP contribution >= 0.6 is 0 Å². The quantitative estimate of drug-likeness (QED) is 0.426. The maximum Gasteiger partial charge on any atom is 0.151 e. The van der Waals surface area contributed by atoms with Crippen molar-refractivity contribution in [3.63, 3.8) is 0 Å². The number of phenolic OH excluding ortho intramolecular Hbond substituents is 1. The third-order valence-electron chi connectivity index (χ3n) is 4.18. The summed E-state index contributed by atoms with van der Waals surface area (Å²) in [6.07, 6.45) is 0. The second-order valence-corrected chi connectivity index (χ2v) is 5.84. The maximum absolute atomic E-state index is 10.5. The highest BCUT2D eigenvalue weighted by Crippen LogP contribution is 2.38. The summed E-state index contributed by atoms with van der Waals surface area (Å²) in [7, 11) is 0. The van der Waals surface area contributed by atoms with Crippen LogP contribution in [0.1, 0.15) is 5.56 Å². The van der Waals surface area contributed by atoms with Gasteiger partial charge < -0.3 is 5.11 Å². The third-order valence-corrected chi connectivity index (χ3v) is 4.18. The molecule has 0 saturated carbocycles. The van der Waals surface area contributed by atoms with Crippen LogP contribution in [-0.4, -0.2) is 5.11 Å². The van der Waals surface area contributed by atoms with Crippen molar-refractivity contribution in [1.82, 2.24) is 0 Å². The molecule has 0 radical (unpaired) electrons. The zero-order chi connectivity index (χ0) is 16.5. The molecule has 0 aromatic heterocycles. The van der Waals surface area contributed by atoms with Gasteiger partial charge in [0.25, 0.3) is 0 Å². The Labute approximate surface area is 139 Å². The molecule has 0 bridgehead atoms. The average Bonchev–Trinajstić information content (AvgIpc) is 2.61. The van der Waals surface area contributed by atoms with Crippen LogP contribution < -0.4 is 0 Å². The Hall–Kier alpha value is -3.20. The first-order chi connectivity index (χ1) is 11.7. The highest BCUT2D eigenvalue weighted by Gasteiger charge is 2.09. The Bertz CT molecular complexity index is 1080. The Balaban J connectivity index is 1.78. The Morgan fingerprint density at radius 3 is 2.25 bits per heavy atom. The largest absolute Gasteiger partial charge is 0.505 e. The SMILES string of the molecule is Cc1cc2ccccc2c(O)c1N=Nc1ccc2ccccc2c1. The van der Waals surface area contributed by atoms with Crippen LogP contribution in [0.4, 0.5) is 11.4 Å². The van der Waals surface area contributed by atoms with E-state index in [1.54, 1.807) is 0 Å². The van der Waals surface area contributed by atoms with E-state index in [2.05, 4.69) is 16.3 Å². The summed E-state index contributed by atoms with van der Waals surface area (Å²) < 4.78 is 0. The molecule has 0 amide bonds. The second kappa shape index (κ2) is 5.78. The minimum absolute atomic E-state index is 0.176. The van der Waals surface area contributed by atoms with Gasteiger partial charge in [-0.25, -0.2) is 0 Å². The topological polar surface area (TPSA) is 45.0 Å². The lowest BCUT2D eigenvalue weighted by Gasteiger charge is -2.07. The predicted molar refractivity (Wildman–Crippen MR) is 98.5 cm³/mol. The van der Waals surface area contributed by atoms with Crippen LogP contribution in [0.15, 0.2) is 83.0 Å². The predicted octanol–water partition coefficient (Wildman–Crippen LogP) is 6.42. The van der Waals surface area contributed by atoms with Crippen LogP contribution in [0.3, 0.4) is 0 Å². The monoisotopic (exact) mass is 312 g/mol. The Morgan fingerprint density at radius 1 is 0.708 bits per heavy atom. The van der Waals surface area contributed by atoms with E-state index < -0.39 is 0 Å². The van der Waals surface area contributed by atoms with Crippen LogP contribution in [0.5, 0.6) is 5.75 Å². The van der Waals surface area contributed by atoms with Crippen molar-refractivity contribution in [3.8, 4) is 5.75 Å². The maximum atomic E-state index is 10.5. The van der Waals surface area contributed by atoms with E-state index >= 15 is 0 Å². The zero-order valence-corrected chi connectivity index (χ0v) is 13.3. The van der Waals surface area contributed by atoms with Crippen molar-refractivity contribution in [2.45, 2.75) is 6.92 Å². The van der Waals surface area contributed by atoms with Gasteiger partial charge in [-0.1, -0.05) is 54.6 Å². The number of hydrogen-bond donors (Lipinski definition) is 1. The first kappa shape index (κ1) is 14.4. The summed E-state index contributed by atoms with van der Waals surface area (Å²) in [6.45, 7) is 1.93. The number of rotatable bonds is 2. The van der Waals surface area contributed by atoms with Crippen LogP contribution in [0.25, 0.3) is 21.5 Å². The van der Waals surface area contributed by atoms with Gasteiger partial charge in [-0.05, 0) is 46.8 Å². The van der Waals surface area contributed by atoms with E-state index in [4.69, 9.17) is 0 Å². The van der Waals surface area contributed by atoms with Gasteiger partial charge in [0.1, 0.15) is 5.69 Å². The lowest BCUT2D eigenvalue weighted by atomic mass is 10.0. The van der Waals surface area contributed by atoms with Crippen molar-refractivity contribution < 1.29 is 5.11 Å². The number of phenols is 1. The summed E-state index contributed by atoms with van der Waals surface area (Å²) in [4.78, 5) is 0. The zero-order valence-electron chi connectivity index (χ0n) is 13.3. The smallest absolute Gasteiger partial charge is 0.151 e. The summed E-state index contributed by atoms with van der Waals surface area (Å²) >= 11 is 0. The lowest BCUT2D eigenvalue weighted by Crippen LogP contribution is -1.80. The van der Waals surface area contributed by atoms with Gasteiger partial charge in [-0.2, -0.15) is 5.11 Å². The normalized spacial score (nSPS) is 11.5. The van der Waals surface area contributed by atoms with Crippen LogP contribution in [-0.2, 0) is 0 Å². The van der Waals surface area contributed by atoms with Crippen molar-refractivity contribution >= 4 is 32.9 Å². The van der Waals surface area contributed by atoms with Crippen molar-refractivity contribution in [1.29, 1.82) is 0 Å². The summed E-state index contributed by atoms with van der Waals surface area (Å²) in [5.41, 5.74) is 2.18. The molecule has 116 valence electrons. The first-order valence-electron chi connectivity index (χ1n) is 7.84. The van der Waals surface area contributed by atoms with E-state index in [1.165, 1.54) is 5.39 Å². The standard InChI is InChI=1S/C21H16N2O/c1-14-12-17-8-4-5-9-19(17)21(24)20(14)23-22-18-11-10-15-6-2-3-7-16(15)13-18/h2-13,24H,1H3. The molecule has 0 fully saturated rings. The molecular weight excluding hydrogens is 296 g/mol. The number of nitrogens with zero attached hydrogens (tertiary/aromatic N) is 2.